The second-order valence-electron chi connectivity index (χ2n) is 23.0. The number of alkyl halides is 7. The molecule has 4 heterocycles. The van der Waals surface area contributed by atoms with E-state index in [0.29, 0.717) is 49.2 Å². The average Bonchev–Trinajstić information content (AvgIpc) is 4.36. The Hall–Kier alpha value is -3.83. The number of halogens is 7. The summed E-state index contributed by atoms with van der Waals surface area (Å²) >= 11 is 3.00. The Balaban J connectivity index is 0.000000163. The normalized spacial score (nSPS) is 46.0. The first-order valence-corrected chi connectivity index (χ1v) is 27.4. The fourth-order valence-electron chi connectivity index (χ4n) is 16.8. The lowest BCUT2D eigenvalue weighted by molar-refractivity contribution is -0.276. The number of rotatable bonds is 7. The van der Waals surface area contributed by atoms with Crippen molar-refractivity contribution in [3.05, 3.63) is 95.9 Å². The number of ketones is 2. The molecule has 21 heteroatoms. The van der Waals surface area contributed by atoms with E-state index in [9.17, 15) is 43.3 Å². The van der Waals surface area contributed by atoms with Gasteiger partial charge in [-0.15, -0.1) is 0 Å². The van der Waals surface area contributed by atoms with Crippen molar-refractivity contribution >= 4 is 50.3 Å². The zero-order valence-electron chi connectivity index (χ0n) is 41.7. The summed E-state index contributed by atoms with van der Waals surface area (Å²) in [7, 11) is 0. The highest BCUT2D eigenvalue weighted by atomic mass is 79.9. The summed E-state index contributed by atoms with van der Waals surface area (Å²) in [6.07, 6.45) is 4.41. The Labute approximate surface area is 442 Å². The fourth-order valence-corrected chi connectivity index (χ4v) is 17.6. The lowest BCUT2D eigenvalue weighted by atomic mass is 9.44. The Morgan fingerprint density at radius 1 is 0.707 bits per heavy atom. The highest BCUT2D eigenvalue weighted by Gasteiger charge is 2.82. The molecule has 6 saturated carbocycles. The standard InChI is InChI=1S/C27H30F3NO5S.C26H29F2NO6.CH2BrF/c1-24-6-5-16(32)9-20(24)21(29)10-19-18-8-15-12-31(13-17-4-3-7-35-17)36-27(15,23(34)37-14-28)25(18,2)11-22(33)26(19,24)30;1-23-6-5-15(30)9-19(23)20(27)10-18-17-8-14-12-29(13-16-4-3-7-34-16)35-26(14,22(32)33)24(17,2)11-21(31)25(18,23)28;2-1-3/h3-7,9,15,18-19,21-22,33H,8,10-14H2,1-2H3;3-7,9,14,17-18,20-21,31H,8,10-13H2,1-2H3,(H,32,33);1H2/t15-,18-,19-,21-,22-,24-,25-,26-,27-;14-,17-,18-,20-,21-,23-,24-,25-,26-;/m00./s1. The van der Waals surface area contributed by atoms with Gasteiger partial charge in [-0.3, -0.25) is 24.1 Å². The predicted octanol–water partition coefficient (Wildman–Crippen LogP) is 9.20. The van der Waals surface area contributed by atoms with E-state index in [4.69, 9.17) is 18.5 Å². The van der Waals surface area contributed by atoms with Gasteiger partial charge in [0.2, 0.25) is 5.12 Å². The maximum Gasteiger partial charge on any atom is 0.339 e. The number of furan rings is 2. The topological polar surface area (TPSA) is 180 Å². The molecule has 408 valence electrons. The van der Waals surface area contributed by atoms with Crippen molar-refractivity contribution in [3.8, 4) is 0 Å². The second-order valence-corrected chi connectivity index (χ2v) is 24.3. The van der Waals surface area contributed by atoms with Crippen LogP contribution in [0.25, 0.3) is 0 Å². The third kappa shape index (κ3) is 7.45. The minimum atomic E-state index is -2.24. The van der Waals surface area contributed by atoms with Crippen LogP contribution in [-0.4, -0.2) is 120 Å². The molecule has 0 radical (unpaired) electrons. The van der Waals surface area contributed by atoms with Crippen LogP contribution in [0.2, 0.25) is 0 Å². The first-order valence-electron chi connectivity index (χ1n) is 25.3. The molecule has 2 aliphatic heterocycles. The van der Waals surface area contributed by atoms with E-state index < -0.39 is 138 Å². The molecule has 0 bridgehead atoms. The number of fused-ring (bicyclic) bond motifs is 14. The molecule has 2 aromatic heterocycles. The van der Waals surface area contributed by atoms with Gasteiger partial charge in [-0.05, 0) is 124 Å². The van der Waals surface area contributed by atoms with E-state index >= 15 is 17.6 Å². The molecule has 2 aromatic rings. The fraction of sp³-hybridized carbons (Fsp3) is 0.630. The molecular weight excluding hydrogens is 1080 g/mol. The van der Waals surface area contributed by atoms with Crippen molar-refractivity contribution in [2.45, 2.75) is 126 Å². The average molecular weight is 1140 g/mol. The highest BCUT2D eigenvalue weighted by molar-refractivity contribution is 9.09. The Kier molecular flexibility index (Phi) is 13.8. The van der Waals surface area contributed by atoms with Crippen molar-refractivity contribution in [3.63, 3.8) is 0 Å². The van der Waals surface area contributed by atoms with Gasteiger partial charge in [0.15, 0.2) is 34.1 Å². The molecular formula is C54H61BrF6N2O11S. The summed E-state index contributed by atoms with van der Waals surface area (Å²) in [5, 5.41) is 36.1. The van der Waals surface area contributed by atoms with E-state index in [2.05, 4.69) is 15.9 Å². The number of hydroxylamine groups is 4. The largest absolute Gasteiger partial charge is 0.479 e. The van der Waals surface area contributed by atoms with Crippen LogP contribution in [0.3, 0.4) is 0 Å². The summed E-state index contributed by atoms with van der Waals surface area (Å²) in [6.45, 7) is 7.80. The third-order valence-corrected chi connectivity index (χ3v) is 20.7. The third-order valence-electron chi connectivity index (χ3n) is 20.0. The van der Waals surface area contributed by atoms with E-state index in [0.717, 1.165) is 12.2 Å². The van der Waals surface area contributed by atoms with Gasteiger partial charge in [0, 0.05) is 58.4 Å². The molecule has 0 unspecified atom stereocenters. The first kappa shape index (κ1) is 54.5. The van der Waals surface area contributed by atoms with Gasteiger partial charge >= 0.3 is 5.97 Å². The van der Waals surface area contributed by atoms with Crippen LogP contribution in [0.15, 0.2) is 93.2 Å². The van der Waals surface area contributed by atoms with Crippen LogP contribution in [-0.2, 0) is 41.9 Å². The van der Waals surface area contributed by atoms with Crippen LogP contribution >= 0.6 is 27.7 Å². The number of carbonyl (C=O) groups is 4. The predicted molar refractivity (Wildman–Crippen MR) is 262 cm³/mol. The van der Waals surface area contributed by atoms with Crippen LogP contribution in [0.1, 0.15) is 77.7 Å². The Bertz CT molecular complexity index is 2730. The number of thioether (sulfide) groups is 1. The molecule has 3 N–H and O–H groups in total. The molecule has 12 rings (SSSR count). The lowest BCUT2D eigenvalue weighted by Gasteiger charge is -2.63. The van der Waals surface area contributed by atoms with Crippen molar-refractivity contribution in [2.75, 3.05) is 24.7 Å². The van der Waals surface area contributed by atoms with Crippen molar-refractivity contribution in [1.29, 1.82) is 0 Å². The molecule has 18 atom stereocenters. The van der Waals surface area contributed by atoms with E-state index in [1.54, 1.807) is 55.2 Å². The second kappa shape index (κ2) is 18.9. The number of carboxylic acids is 1. The van der Waals surface area contributed by atoms with Crippen molar-refractivity contribution in [1.82, 2.24) is 10.1 Å². The molecule has 75 heavy (non-hydrogen) atoms. The summed E-state index contributed by atoms with van der Waals surface area (Å²) in [6, 6.07) is 6.10. The maximum atomic E-state index is 17.4. The Morgan fingerprint density at radius 3 is 1.52 bits per heavy atom. The molecule has 8 aliphatic carbocycles. The van der Waals surface area contributed by atoms with E-state index in [1.165, 1.54) is 43.8 Å². The minimum absolute atomic E-state index is 0.0541. The van der Waals surface area contributed by atoms with Crippen LogP contribution in [0, 0.1) is 57.2 Å². The number of carboxylic acid groups (broad SMARTS) is 1. The van der Waals surface area contributed by atoms with Crippen LogP contribution < -0.4 is 0 Å². The minimum Gasteiger partial charge on any atom is -0.479 e. The summed E-state index contributed by atoms with van der Waals surface area (Å²) in [5.74, 6) is -4.45. The maximum absolute atomic E-state index is 17.4. The molecule has 8 fully saturated rings. The number of aliphatic carboxylic acids is 1. The van der Waals surface area contributed by atoms with E-state index in [1.807, 2.05) is 0 Å². The van der Waals surface area contributed by atoms with Crippen LogP contribution in [0.4, 0.5) is 26.3 Å². The van der Waals surface area contributed by atoms with Gasteiger partial charge in [0.25, 0.3) is 0 Å². The monoisotopic (exact) mass is 1140 g/mol. The number of hydrogen-bond acceptors (Lipinski definition) is 13. The number of hydrogen-bond donors (Lipinski definition) is 3. The molecule has 0 spiro atoms. The molecule has 10 aliphatic rings. The zero-order valence-corrected chi connectivity index (χ0v) is 44.1. The van der Waals surface area contributed by atoms with Gasteiger partial charge in [0.05, 0.1) is 37.8 Å². The number of carbonyl (C=O) groups excluding carboxylic acids is 3. The molecule has 2 saturated heterocycles. The molecule has 0 aromatic carbocycles. The number of aliphatic hydroxyl groups is 2. The van der Waals surface area contributed by atoms with Gasteiger partial charge in [-0.25, -0.2) is 31.1 Å². The van der Waals surface area contributed by atoms with Crippen molar-refractivity contribution in [2.24, 2.45) is 57.2 Å². The highest BCUT2D eigenvalue weighted by Crippen LogP contribution is 2.75. The zero-order chi connectivity index (χ0) is 54.1. The SMILES string of the molecule is C[C@]12C=CC(=O)C=C1[C@@H](F)C[C@H]1[C@@H]3C[C@H]4CN(Cc5ccco5)O[C@@]4(C(=O)O)[C@@]3(C)C[C@H](O)[C@@]12F.C[C@]12C=CC(=O)C=C1[C@@H](F)C[C@H]1[C@@H]3C[C@H]4CN(Cc5ccco5)O[C@@]4(C(=O)SCF)[C@@]3(C)C[C@H](O)[C@@]12F.FCBr. The Morgan fingerprint density at radius 2 is 1.12 bits per heavy atom. The molecule has 0 amide bonds. The quantitative estimate of drug-likeness (QED) is 0.176. The van der Waals surface area contributed by atoms with E-state index in [-0.39, 0.29) is 49.9 Å². The van der Waals surface area contributed by atoms with Gasteiger partial charge in [0.1, 0.15) is 35.5 Å². The smallest absolute Gasteiger partial charge is 0.339 e. The van der Waals surface area contributed by atoms with Gasteiger partial charge < -0.3 is 24.2 Å². The number of aliphatic hydroxyl groups excluding tert-OH is 2. The van der Waals surface area contributed by atoms with Gasteiger partial charge in [-0.2, -0.15) is 10.1 Å². The summed E-state index contributed by atoms with van der Waals surface area (Å²) in [4.78, 5) is 63.1. The summed E-state index contributed by atoms with van der Waals surface area (Å²) in [5.41, 5.74) is -13.2. The van der Waals surface area contributed by atoms with Gasteiger partial charge in [-0.1, -0.05) is 53.7 Å². The summed E-state index contributed by atoms with van der Waals surface area (Å²) < 4.78 is 100. The lowest BCUT2D eigenvalue weighted by Crippen LogP contribution is -2.70. The number of nitrogens with zero attached hydrogens (tertiary/aromatic N) is 2. The molecule has 13 nitrogen and oxygen atoms in total. The number of allylic oxidation sites excluding steroid dienone is 8. The first-order chi connectivity index (χ1) is 35.4. The van der Waals surface area contributed by atoms with Crippen LogP contribution in [0.5, 0.6) is 0 Å². The van der Waals surface area contributed by atoms with Crippen molar-refractivity contribution < 1.29 is 79.3 Å².